The molecule has 1 unspecified atom stereocenters. The SMILES string of the molecule is N#Cc1cnc(Nc2cc(NCC3CNCCO3)c(CN)nn2)cn1. The van der Waals surface area contributed by atoms with Crippen LogP contribution in [0.2, 0.25) is 0 Å². The second-order valence-corrected chi connectivity index (χ2v) is 5.40. The zero-order chi connectivity index (χ0) is 17.5. The Hall–Kier alpha value is -2.87. The number of aromatic nitrogens is 4. The van der Waals surface area contributed by atoms with Crippen molar-refractivity contribution >= 4 is 17.3 Å². The van der Waals surface area contributed by atoms with E-state index in [4.69, 9.17) is 15.7 Å². The van der Waals surface area contributed by atoms with Crippen molar-refractivity contribution in [3.05, 3.63) is 29.8 Å². The summed E-state index contributed by atoms with van der Waals surface area (Å²) in [5.41, 5.74) is 7.44. The summed E-state index contributed by atoms with van der Waals surface area (Å²) < 4.78 is 5.67. The van der Waals surface area contributed by atoms with Crippen molar-refractivity contribution in [3.63, 3.8) is 0 Å². The average Bonchev–Trinajstić information content (AvgIpc) is 2.68. The van der Waals surface area contributed by atoms with Crippen molar-refractivity contribution in [3.8, 4) is 6.07 Å². The highest BCUT2D eigenvalue weighted by atomic mass is 16.5. The van der Waals surface area contributed by atoms with Crippen LogP contribution in [0.15, 0.2) is 18.5 Å². The van der Waals surface area contributed by atoms with E-state index in [1.165, 1.54) is 12.4 Å². The van der Waals surface area contributed by atoms with Gasteiger partial charge in [-0.3, -0.25) is 0 Å². The first kappa shape index (κ1) is 17.0. The number of ether oxygens (including phenoxy) is 1. The van der Waals surface area contributed by atoms with E-state index in [0.29, 0.717) is 30.5 Å². The number of hydrogen-bond acceptors (Lipinski definition) is 10. The second kappa shape index (κ2) is 8.29. The van der Waals surface area contributed by atoms with Crippen LogP contribution in [0.1, 0.15) is 11.4 Å². The molecule has 5 N–H and O–H groups in total. The van der Waals surface area contributed by atoms with E-state index >= 15 is 0 Å². The molecule has 10 heteroatoms. The molecule has 2 aromatic heterocycles. The van der Waals surface area contributed by atoms with Gasteiger partial charge in [0.15, 0.2) is 11.5 Å². The molecule has 0 aliphatic carbocycles. The van der Waals surface area contributed by atoms with Crippen LogP contribution in [0.3, 0.4) is 0 Å². The molecule has 0 amide bonds. The summed E-state index contributed by atoms with van der Waals surface area (Å²) >= 11 is 0. The van der Waals surface area contributed by atoms with E-state index < -0.39 is 0 Å². The van der Waals surface area contributed by atoms with E-state index in [2.05, 4.69) is 36.1 Å². The molecule has 130 valence electrons. The summed E-state index contributed by atoms with van der Waals surface area (Å²) in [5, 5.41) is 26.6. The van der Waals surface area contributed by atoms with Crippen molar-refractivity contribution in [2.24, 2.45) is 5.73 Å². The Morgan fingerprint density at radius 3 is 2.92 bits per heavy atom. The van der Waals surface area contributed by atoms with Crippen molar-refractivity contribution in [2.75, 3.05) is 36.9 Å². The Kier molecular flexibility index (Phi) is 5.63. The highest BCUT2D eigenvalue weighted by Gasteiger charge is 2.14. The topological polar surface area (TPSA) is 147 Å². The molecule has 3 rings (SSSR count). The number of nitriles is 1. The summed E-state index contributed by atoms with van der Waals surface area (Å²) in [6, 6.07) is 3.73. The standard InChI is InChI=1S/C15H19N9O/c16-4-10-6-21-15(9-19-10)22-14-3-12(13(5-17)23-24-14)20-8-11-7-18-1-2-25-11/h3,6,9,11,18H,1-2,5,7-8,17H2,(H2,20,21,22,24). The van der Waals surface area contributed by atoms with E-state index in [-0.39, 0.29) is 18.3 Å². The lowest BCUT2D eigenvalue weighted by molar-refractivity contribution is 0.0372. The number of nitrogens with one attached hydrogen (secondary N) is 3. The molecule has 1 aliphatic heterocycles. The first-order valence-corrected chi connectivity index (χ1v) is 7.90. The smallest absolute Gasteiger partial charge is 0.158 e. The Labute approximate surface area is 144 Å². The monoisotopic (exact) mass is 341 g/mol. The lowest BCUT2D eigenvalue weighted by Gasteiger charge is -2.24. The number of morpholine rings is 1. The molecule has 0 radical (unpaired) electrons. The van der Waals surface area contributed by atoms with Gasteiger partial charge >= 0.3 is 0 Å². The Morgan fingerprint density at radius 1 is 1.32 bits per heavy atom. The lowest BCUT2D eigenvalue weighted by Crippen LogP contribution is -2.42. The van der Waals surface area contributed by atoms with Gasteiger partial charge in [0, 0.05) is 32.2 Å². The number of nitrogens with two attached hydrogens (primary N) is 1. The number of rotatable bonds is 6. The molecule has 1 saturated heterocycles. The third-order valence-electron chi connectivity index (χ3n) is 3.61. The van der Waals surface area contributed by atoms with Gasteiger partial charge in [-0.1, -0.05) is 0 Å². The average molecular weight is 341 g/mol. The van der Waals surface area contributed by atoms with Crippen LogP contribution in [-0.4, -0.2) is 52.5 Å². The molecule has 3 heterocycles. The molecule has 10 nitrogen and oxygen atoms in total. The van der Waals surface area contributed by atoms with E-state index in [9.17, 15) is 0 Å². The van der Waals surface area contributed by atoms with Gasteiger partial charge in [0.1, 0.15) is 11.9 Å². The normalized spacial score (nSPS) is 16.9. The molecule has 1 fully saturated rings. The minimum Gasteiger partial charge on any atom is -0.381 e. The Morgan fingerprint density at radius 2 is 2.24 bits per heavy atom. The molecule has 0 spiro atoms. The van der Waals surface area contributed by atoms with Crippen LogP contribution in [0, 0.1) is 11.3 Å². The predicted molar refractivity (Wildman–Crippen MR) is 91.1 cm³/mol. The fraction of sp³-hybridized carbons (Fsp3) is 0.400. The van der Waals surface area contributed by atoms with E-state index in [0.717, 1.165) is 18.8 Å². The van der Waals surface area contributed by atoms with Crippen LogP contribution in [0.5, 0.6) is 0 Å². The van der Waals surface area contributed by atoms with Crippen LogP contribution in [0.4, 0.5) is 17.3 Å². The maximum atomic E-state index is 8.75. The molecule has 1 atom stereocenters. The summed E-state index contributed by atoms with van der Waals surface area (Å²) in [5.74, 6) is 0.973. The van der Waals surface area contributed by atoms with Crippen molar-refractivity contribution in [2.45, 2.75) is 12.6 Å². The molecule has 2 aromatic rings. The molecule has 25 heavy (non-hydrogen) atoms. The van der Waals surface area contributed by atoms with Crippen LogP contribution >= 0.6 is 0 Å². The zero-order valence-electron chi connectivity index (χ0n) is 13.6. The van der Waals surface area contributed by atoms with Gasteiger partial charge in [0.2, 0.25) is 0 Å². The minimum absolute atomic E-state index is 0.0911. The second-order valence-electron chi connectivity index (χ2n) is 5.40. The first-order valence-electron chi connectivity index (χ1n) is 7.90. The molecule has 0 aromatic carbocycles. The Balaban J connectivity index is 1.68. The van der Waals surface area contributed by atoms with Gasteiger partial charge in [-0.25, -0.2) is 9.97 Å². The van der Waals surface area contributed by atoms with Gasteiger partial charge in [0.25, 0.3) is 0 Å². The van der Waals surface area contributed by atoms with Crippen molar-refractivity contribution < 1.29 is 4.74 Å². The summed E-state index contributed by atoms with van der Waals surface area (Å²) in [7, 11) is 0. The van der Waals surface area contributed by atoms with Crippen LogP contribution < -0.4 is 21.7 Å². The third kappa shape index (κ3) is 4.57. The fourth-order valence-corrected chi connectivity index (χ4v) is 2.34. The van der Waals surface area contributed by atoms with Gasteiger partial charge in [-0.15, -0.1) is 10.2 Å². The fourth-order valence-electron chi connectivity index (χ4n) is 2.34. The van der Waals surface area contributed by atoms with Gasteiger partial charge in [0.05, 0.1) is 36.5 Å². The highest BCUT2D eigenvalue weighted by molar-refractivity contribution is 5.59. The van der Waals surface area contributed by atoms with Crippen molar-refractivity contribution in [1.29, 1.82) is 5.26 Å². The predicted octanol–water partition coefficient (Wildman–Crippen LogP) is -0.259. The maximum Gasteiger partial charge on any atom is 0.158 e. The number of anilines is 3. The first-order chi connectivity index (χ1) is 12.3. The molecular weight excluding hydrogens is 322 g/mol. The number of hydrogen-bond donors (Lipinski definition) is 4. The van der Waals surface area contributed by atoms with E-state index in [1.807, 2.05) is 12.1 Å². The minimum atomic E-state index is 0.0911. The summed E-state index contributed by atoms with van der Waals surface area (Å²) in [4.78, 5) is 8.05. The number of nitrogens with zero attached hydrogens (tertiary/aromatic N) is 5. The highest BCUT2D eigenvalue weighted by Crippen LogP contribution is 2.18. The van der Waals surface area contributed by atoms with Crippen molar-refractivity contribution in [1.82, 2.24) is 25.5 Å². The van der Waals surface area contributed by atoms with Gasteiger partial charge in [-0.05, 0) is 0 Å². The molecule has 0 saturated carbocycles. The molecule has 1 aliphatic rings. The van der Waals surface area contributed by atoms with E-state index in [1.54, 1.807) is 0 Å². The van der Waals surface area contributed by atoms with Crippen LogP contribution in [-0.2, 0) is 11.3 Å². The molecule has 0 bridgehead atoms. The summed E-state index contributed by atoms with van der Waals surface area (Å²) in [6.07, 6.45) is 2.94. The summed E-state index contributed by atoms with van der Waals surface area (Å²) in [6.45, 7) is 3.29. The largest absolute Gasteiger partial charge is 0.381 e. The lowest BCUT2D eigenvalue weighted by atomic mass is 10.2. The van der Waals surface area contributed by atoms with Gasteiger partial charge in [-0.2, -0.15) is 5.26 Å². The molecular formula is C15H19N9O. The third-order valence-corrected chi connectivity index (χ3v) is 3.61. The maximum absolute atomic E-state index is 8.75. The van der Waals surface area contributed by atoms with Crippen LogP contribution in [0.25, 0.3) is 0 Å². The van der Waals surface area contributed by atoms with Gasteiger partial charge < -0.3 is 26.4 Å². The zero-order valence-corrected chi connectivity index (χ0v) is 13.6. The quantitative estimate of drug-likeness (QED) is 0.554. The Bertz CT molecular complexity index is 738.